The van der Waals surface area contributed by atoms with Crippen molar-refractivity contribution >= 4 is 0 Å². The Labute approximate surface area is 99.3 Å². The van der Waals surface area contributed by atoms with Gasteiger partial charge in [-0.3, -0.25) is 0 Å². The molecule has 92 valence electrons. The Morgan fingerprint density at radius 3 is 2.38 bits per heavy atom. The van der Waals surface area contributed by atoms with E-state index in [1.54, 1.807) is 0 Å². The van der Waals surface area contributed by atoms with Crippen LogP contribution in [0, 0.1) is 0 Å². The fraction of sp³-hybridized carbons (Fsp3) is 0.846. The molecule has 0 spiro atoms. The van der Waals surface area contributed by atoms with Gasteiger partial charge in [0.1, 0.15) is 12.2 Å². The number of nitrogens with zero attached hydrogens (tertiary/aromatic N) is 3. The van der Waals surface area contributed by atoms with Gasteiger partial charge in [-0.05, 0) is 13.3 Å². The van der Waals surface area contributed by atoms with E-state index in [1.807, 2.05) is 6.33 Å². The van der Waals surface area contributed by atoms with Gasteiger partial charge in [-0.1, -0.05) is 45.4 Å². The summed E-state index contributed by atoms with van der Waals surface area (Å²) in [5.74, 6) is 1.15. The third-order valence-electron chi connectivity index (χ3n) is 3.04. The quantitative estimate of drug-likeness (QED) is 0.599. The summed E-state index contributed by atoms with van der Waals surface area (Å²) in [5, 5.41) is 8.09. The molecule has 0 amide bonds. The molecule has 0 aliphatic heterocycles. The van der Waals surface area contributed by atoms with Crippen LogP contribution >= 0.6 is 0 Å². The zero-order chi connectivity index (χ0) is 11.6. The molecule has 0 radical (unpaired) electrons. The second kappa shape index (κ2) is 8.31. The minimum atomic E-state index is 0.985. The number of rotatable bonds is 9. The summed E-state index contributed by atoms with van der Waals surface area (Å²) in [5.41, 5.74) is 0. The van der Waals surface area contributed by atoms with Crippen molar-refractivity contribution in [2.24, 2.45) is 0 Å². The molecule has 0 saturated heterocycles. The average molecular weight is 223 g/mol. The highest BCUT2D eigenvalue weighted by Crippen LogP contribution is 2.09. The molecule has 1 aromatic heterocycles. The van der Waals surface area contributed by atoms with Crippen LogP contribution in [0.3, 0.4) is 0 Å². The highest BCUT2D eigenvalue weighted by Gasteiger charge is 2.01. The Hall–Kier alpha value is -0.860. The maximum atomic E-state index is 4.15. The van der Waals surface area contributed by atoms with E-state index >= 15 is 0 Å². The van der Waals surface area contributed by atoms with Crippen molar-refractivity contribution in [3.63, 3.8) is 0 Å². The Morgan fingerprint density at radius 1 is 1.00 bits per heavy atom. The summed E-state index contributed by atoms with van der Waals surface area (Å²) in [6.07, 6.45) is 12.4. The maximum Gasteiger partial charge on any atom is 0.132 e. The third kappa shape index (κ3) is 4.77. The van der Waals surface area contributed by atoms with Crippen LogP contribution in [0.25, 0.3) is 0 Å². The van der Waals surface area contributed by atoms with Gasteiger partial charge in [0, 0.05) is 13.0 Å². The van der Waals surface area contributed by atoms with Crippen LogP contribution in [0.2, 0.25) is 0 Å². The molecule has 0 saturated carbocycles. The first-order chi connectivity index (χ1) is 7.88. The molecule has 3 nitrogen and oxygen atoms in total. The molecule has 0 fully saturated rings. The lowest BCUT2D eigenvalue weighted by Crippen LogP contribution is -2.00. The number of unbranched alkanes of at least 4 members (excludes halogenated alkanes) is 6. The van der Waals surface area contributed by atoms with E-state index in [9.17, 15) is 0 Å². The van der Waals surface area contributed by atoms with Crippen LogP contribution < -0.4 is 0 Å². The summed E-state index contributed by atoms with van der Waals surface area (Å²) in [4.78, 5) is 0. The molecular formula is C13H25N3. The van der Waals surface area contributed by atoms with Crippen molar-refractivity contribution in [1.29, 1.82) is 0 Å². The Bertz CT molecular complexity index is 268. The zero-order valence-corrected chi connectivity index (χ0v) is 10.8. The molecule has 3 heteroatoms. The normalized spacial score (nSPS) is 10.9. The van der Waals surface area contributed by atoms with Crippen LogP contribution in [0.5, 0.6) is 0 Å². The van der Waals surface area contributed by atoms with Crippen LogP contribution in [-0.4, -0.2) is 14.8 Å². The van der Waals surface area contributed by atoms with E-state index in [4.69, 9.17) is 0 Å². The zero-order valence-electron chi connectivity index (χ0n) is 10.8. The van der Waals surface area contributed by atoms with Gasteiger partial charge >= 0.3 is 0 Å². The molecule has 0 aliphatic carbocycles. The second-order valence-corrected chi connectivity index (χ2v) is 4.40. The van der Waals surface area contributed by atoms with Gasteiger partial charge in [-0.15, -0.1) is 10.2 Å². The molecule has 0 unspecified atom stereocenters. The van der Waals surface area contributed by atoms with Crippen LogP contribution in [0.4, 0.5) is 0 Å². The molecule has 16 heavy (non-hydrogen) atoms. The second-order valence-electron chi connectivity index (χ2n) is 4.40. The van der Waals surface area contributed by atoms with E-state index in [0.717, 1.165) is 18.8 Å². The van der Waals surface area contributed by atoms with Gasteiger partial charge in [0.25, 0.3) is 0 Å². The lowest BCUT2D eigenvalue weighted by Gasteiger charge is -2.03. The number of hydrogen-bond acceptors (Lipinski definition) is 2. The van der Waals surface area contributed by atoms with Crippen molar-refractivity contribution in [2.45, 2.75) is 71.8 Å². The highest BCUT2D eigenvalue weighted by molar-refractivity contribution is 4.85. The fourth-order valence-corrected chi connectivity index (χ4v) is 1.98. The van der Waals surface area contributed by atoms with Crippen molar-refractivity contribution in [1.82, 2.24) is 14.8 Å². The molecular weight excluding hydrogens is 198 g/mol. The maximum absolute atomic E-state index is 4.15. The lowest BCUT2D eigenvalue weighted by atomic mass is 10.1. The lowest BCUT2D eigenvalue weighted by molar-refractivity contribution is 0.575. The fourth-order valence-electron chi connectivity index (χ4n) is 1.98. The predicted molar refractivity (Wildman–Crippen MR) is 67.4 cm³/mol. The molecule has 1 heterocycles. The standard InChI is InChI=1S/C13H25N3/c1-3-5-6-7-8-9-10-11-13-15-14-12-16(13)4-2/h12H,3-11H2,1-2H3. The topological polar surface area (TPSA) is 30.7 Å². The molecule has 0 aliphatic rings. The number of aryl methyl sites for hydroxylation is 2. The summed E-state index contributed by atoms with van der Waals surface area (Å²) < 4.78 is 2.14. The van der Waals surface area contributed by atoms with Crippen molar-refractivity contribution in [3.05, 3.63) is 12.2 Å². The van der Waals surface area contributed by atoms with Gasteiger partial charge in [-0.25, -0.2) is 0 Å². The first-order valence-corrected chi connectivity index (χ1v) is 6.75. The average Bonchev–Trinajstić information content (AvgIpc) is 2.75. The molecule has 0 atom stereocenters. The number of hydrogen-bond donors (Lipinski definition) is 0. The minimum absolute atomic E-state index is 0.985. The molecule has 1 rings (SSSR count). The first kappa shape index (κ1) is 13.2. The largest absolute Gasteiger partial charge is 0.318 e. The summed E-state index contributed by atoms with van der Waals surface area (Å²) in [6, 6.07) is 0. The van der Waals surface area contributed by atoms with Crippen molar-refractivity contribution in [2.75, 3.05) is 0 Å². The summed E-state index contributed by atoms with van der Waals surface area (Å²) >= 11 is 0. The smallest absolute Gasteiger partial charge is 0.132 e. The Balaban J connectivity index is 2.03. The molecule has 0 N–H and O–H groups in total. The predicted octanol–water partition coefficient (Wildman–Crippen LogP) is 3.59. The molecule has 1 aromatic rings. The van der Waals surface area contributed by atoms with Crippen LogP contribution in [0.1, 0.15) is 64.6 Å². The van der Waals surface area contributed by atoms with E-state index in [2.05, 4.69) is 28.6 Å². The van der Waals surface area contributed by atoms with Gasteiger partial charge in [0.15, 0.2) is 0 Å². The molecule has 0 aromatic carbocycles. The Morgan fingerprint density at radius 2 is 1.69 bits per heavy atom. The van der Waals surface area contributed by atoms with Crippen LogP contribution in [0.15, 0.2) is 6.33 Å². The van der Waals surface area contributed by atoms with Gasteiger partial charge in [0.05, 0.1) is 0 Å². The van der Waals surface area contributed by atoms with Crippen LogP contribution in [-0.2, 0) is 13.0 Å². The van der Waals surface area contributed by atoms with Gasteiger partial charge in [0.2, 0.25) is 0 Å². The van der Waals surface area contributed by atoms with E-state index < -0.39 is 0 Å². The van der Waals surface area contributed by atoms with Crippen molar-refractivity contribution < 1.29 is 0 Å². The minimum Gasteiger partial charge on any atom is -0.318 e. The summed E-state index contributed by atoms with van der Waals surface area (Å²) in [7, 11) is 0. The van der Waals surface area contributed by atoms with E-state index in [0.29, 0.717) is 0 Å². The SMILES string of the molecule is CCCCCCCCCc1nncn1CC. The third-order valence-corrected chi connectivity index (χ3v) is 3.04. The van der Waals surface area contributed by atoms with Gasteiger partial charge in [-0.2, -0.15) is 0 Å². The monoisotopic (exact) mass is 223 g/mol. The highest BCUT2D eigenvalue weighted by atomic mass is 15.3. The molecule has 0 bridgehead atoms. The van der Waals surface area contributed by atoms with Crippen molar-refractivity contribution in [3.8, 4) is 0 Å². The van der Waals surface area contributed by atoms with Gasteiger partial charge < -0.3 is 4.57 Å². The Kier molecular flexibility index (Phi) is 6.86. The van der Waals surface area contributed by atoms with E-state index in [1.165, 1.54) is 44.9 Å². The first-order valence-electron chi connectivity index (χ1n) is 6.75. The van der Waals surface area contributed by atoms with E-state index in [-0.39, 0.29) is 0 Å². The number of aromatic nitrogens is 3. The summed E-state index contributed by atoms with van der Waals surface area (Å²) in [6.45, 7) is 5.38.